The first-order chi connectivity index (χ1) is 6.18. The predicted molar refractivity (Wildman–Crippen MR) is 47.5 cm³/mol. The number of aromatic nitrogens is 2. The number of fused-ring (bicyclic) bond motifs is 1. The standard InChI is InChI=1S/C8H7N3O2/c9-5-1-2-10-7-4(5)3-6(11-7)8(12)13/h1-3H,(H,12,13)(H3,9,10,11). The molecule has 66 valence electrons. The van der Waals surface area contributed by atoms with E-state index >= 15 is 0 Å². The maximum absolute atomic E-state index is 10.6. The van der Waals surface area contributed by atoms with E-state index in [0.29, 0.717) is 16.7 Å². The van der Waals surface area contributed by atoms with Crippen LogP contribution in [0.5, 0.6) is 0 Å². The van der Waals surface area contributed by atoms with Crippen molar-refractivity contribution in [3.8, 4) is 0 Å². The summed E-state index contributed by atoms with van der Waals surface area (Å²) in [6.45, 7) is 0. The molecule has 2 aromatic rings. The third-order valence-corrected chi connectivity index (χ3v) is 1.80. The molecule has 2 aromatic heterocycles. The normalized spacial score (nSPS) is 10.5. The van der Waals surface area contributed by atoms with Gasteiger partial charge in [0, 0.05) is 17.3 Å². The van der Waals surface area contributed by atoms with Crippen LogP contribution in [0.15, 0.2) is 18.3 Å². The predicted octanol–water partition coefficient (Wildman–Crippen LogP) is 0.843. The van der Waals surface area contributed by atoms with Crippen LogP contribution in [0.2, 0.25) is 0 Å². The van der Waals surface area contributed by atoms with E-state index in [1.54, 1.807) is 6.07 Å². The number of aromatic amines is 1. The van der Waals surface area contributed by atoms with Crippen molar-refractivity contribution >= 4 is 22.7 Å². The van der Waals surface area contributed by atoms with Crippen LogP contribution < -0.4 is 5.73 Å². The molecule has 2 heterocycles. The van der Waals surface area contributed by atoms with Crippen LogP contribution in [0.25, 0.3) is 11.0 Å². The zero-order valence-corrected chi connectivity index (χ0v) is 6.61. The van der Waals surface area contributed by atoms with Crippen LogP contribution >= 0.6 is 0 Å². The van der Waals surface area contributed by atoms with Crippen LogP contribution in [0, 0.1) is 0 Å². The molecule has 0 aliphatic heterocycles. The summed E-state index contributed by atoms with van der Waals surface area (Å²) in [5.41, 5.74) is 6.73. The second-order valence-corrected chi connectivity index (χ2v) is 2.65. The lowest BCUT2D eigenvalue weighted by atomic mass is 10.3. The fraction of sp³-hybridized carbons (Fsp3) is 0. The second kappa shape index (κ2) is 2.48. The van der Waals surface area contributed by atoms with Crippen molar-refractivity contribution in [3.63, 3.8) is 0 Å². The SMILES string of the molecule is Nc1ccnc2[nH]c(C(=O)O)cc12. The average molecular weight is 177 g/mol. The van der Waals surface area contributed by atoms with E-state index in [1.807, 2.05) is 0 Å². The quantitative estimate of drug-likeness (QED) is 0.601. The van der Waals surface area contributed by atoms with Gasteiger partial charge in [0.2, 0.25) is 0 Å². The Kier molecular flexibility index (Phi) is 1.45. The van der Waals surface area contributed by atoms with E-state index in [1.165, 1.54) is 12.3 Å². The molecule has 0 spiro atoms. The smallest absolute Gasteiger partial charge is 0.352 e. The fourth-order valence-corrected chi connectivity index (χ4v) is 1.16. The molecule has 0 atom stereocenters. The van der Waals surface area contributed by atoms with Crippen LogP contribution in [-0.4, -0.2) is 21.0 Å². The molecule has 0 bridgehead atoms. The fourth-order valence-electron chi connectivity index (χ4n) is 1.16. The molecule has 0 saturated heterocycles. The van der Waals surface area contributed by atoms with Crippen LogP contribution in [0.3, 0.4) is 0 Å². The number of nitrogens with zero attached hydrogens (tertiary/aromatic N) is 1. The molecule has 0 radical (unpaired) electrons. The number of anilines is 1. The lowest BCUT2D eigenvalue weighted by molar-refractivity contribution is 0.0691. The van der Waals surface area contributed by atoms with E-state index in [4.69, 9.17) is 10.8 Å². The highest BCUT2D eigenvalue weighted by Crippen LogP contribution is 2.19. The van der Waals surface area contributed by atoms with E-state index in [9.17, 15) is 4.79 Å². The number of carboxylic acid groups (broad SMARTS) is 1. The zero-order valence-electron chi connectivity index (χ0n) is 6.61. The summed E-state index contributed by atoms with van der Waals surface area (Å²) in [6, 6.07) is 3.10. The number of carboxylic acids is 1. The highest BCUT2D eigenvalue weighted by molar-refractivity contribution is 5.96. The van der Waals surface area contributed by atoms with Gasteiger partial charge in [-0.05, 0) is 12.1 Å². The molecule has 0 aliphatic rings. The molecule has 0 aliphatic carbocycles. The van der Waals surface area contributed by atoms with Gasteiger partial charge in [-0.15, -0.1) is 0 Å². The van der Waals surface area contributed by atoms with Crippen molar-refractivity contribution in [2.45, 2.75) is 0 Å². The molecule has 2 rings (SSSR count). The molecule has 5 heteroatoms. The summed E-state index contributed by atoms with van der Waals surface area (Å²) in [6.07, 6.45) is 1.53. The summed E-state index contributed by atoms with van der Waals surface area (Å²) in [7, 11) is 0. The minimum atomic E-state index is -1.02. The van der Waals surface area contributed by atoms with Gasteiger partial charge in [0.15, 0.2) is 0 Å². The van der Waals surface area contributed by atoms with E-state index < -0.39 is 5.97 Å². The van der Waals surface area contributed by atoms with E-state index in [2.05, 4.69) is 9.97 Å². The lowest BCUT2D eigenvalue weighted by Crippen LogP contribution is -1.94. The molecule has 5 nitrogen and oxygen atoms in total. The third-order valence-electron chi connectivity index (χ3n) is 1.80. The first-order valence-electron chi connectivity index (χ1n) is 3.65. The van der Waals surface area contributed by atoms with Crippen molar-refractivity contribution in [2.75, 3.05) is 5.73 Å². The summed E-state index contributed by atoms with van der Waals surface area (Å²) in [5.74, 6) is -1.02. The molecule has 0 aromatic carbocycles. The number of pyridine rings is 1. The monoisotopic (exact) mass is 177 g/mol. The molecular weight excluding hydrogens is 170 g/mol. The number of hydrogen-bond acceptors (Lipinski definition) is 3. The Morgan fingerprint density at radius 1 is 1.62 bits per heavy atom. The van der Waals surface area contributed by atoms with Gasteiger partial charge in [-0.1, -0.05) is 0 Å². The maximum atomic E-state index is 10.6. The van der Waals surface area contributed by atoms with Crippen LogP contribution in [0.4, 0.5) is 5.69 Å². The van der Waals surface area contributed by atoms with Crippen molar-refractivity contribution in [2.24, 2.45) is 0 Å². The van der Waals surface area contributed by atoms with Gasteiger partial charge in [0.1, 0.15) is 11.3 Å². The molecule has 0 unspecified atom stereocenters. The molecule has 0 fully saturated rings. The number of carbonyl (C=O) groups is 1. The molecule has 4 N–H and O–H groups in total. The topological polar surface area (TPSA) is 92.0 Å². The van der Waals surface area contributed by atoms with E-state index in [0.717, 1.165) is 0 Å². The van der Waals surface area contributed by atoms with Crippen molar-refractivity contribution < 1.29 is 9.90 Å². The van der Waals surface area contributed by atoms with Crippen molar-refractivity contribution in [1.29, 1.82) is 0 Å². The minimum absolute atomic E-state index is 0.0976. The Labute approximate surface area is 73.2 Å². The van der Waals surface area contributed by atoms with Gasteiger partial charge in [0.25, 0.3) is 0 Å². The minimum Gasteiger partial charge on any atom is -0.477 e. The Morgan fingerprint density at radius 2 is 2.38 bits per heavy atom. The van der Waals surface area contributed by atoms with Crippen LogP contribution in [0.1, 0.15) is 10.5 Å². The summed E-state index contributed by atoms with van der Waals surface area (Å²) in [4.78, 5) is 17.2. The molecule has 0 amide bonds. The maximum Gasteiger partial charge on any atom is 0.352 e. The Hall–Kier alpha value is -2.04. The van der Waals surface area contributed by atoms with Gasteiger partial charge < -0.3 is 15.8 Å². The van der Waals surface area contributed by atoms with E-state index in [-0.39, 0.29) is 5.69 Å². The summed E-state index contributed by atoms with van der Waals surface area (Å²) >= 11 is 0. The molecular formula is C8H7N3O2. The number of nitrogens with two attached hydrogens (primary N) is 1. The van der Waals surface area contributed by atoms with Crippen LogP contribution in [-0.2, 0) is 0 Å². The number of aromatic carboxylic acids is 1. The number of H-pyrrole nitrogens is 1. The largest absolute Gasteiger partial charge is 0.477 e. The third kappa shape index (κ3) is 1.10. The zero-order chi connectivity index (χ0) is 9.42. The first kappa shape index (κ1) is 7.60. The number of nitrogens with one attached hydrogen (secondary N) is 1. The Balaban J connectivity index is 2.75. The van der Waals surface area contributed by atoms with Gasteiger partial charge in [-0.25, -0.2) is 9.78 Å². The number of nitrogen functional groups attached to an aromatic ring is 1. The molecule has 13 heavy (non-hydrogen) atoms. The second-order valence-electron chi connectivity index (χ2n) is 2.65. The number of rotatable bonds is 1. The molecule has 0 saturated carbocycles. The average Bonchev–Trinajstić information content (AvgIpc) is 2.49. The van der Waals surface area contributed by atoms with Crippen molar-refractivity contribution in [1.82, 2.24) is 9.97 Å². The Morgan fingerprint density at radius 3 is 3.00 bits per heavy atom. The lowest BCUT2D eigenvalue weighted by Gasteiger charge is -1.91. The summed E-state index contributed by atoms with van der Waals surface area (Å²) < 4.78 is 0. The highest BCUT2D eigenvalue weighted by Gasteiger charge is 2.08. The van der Waals surface area contributed by atoms with Gasteiger partial charge >= 0.3 is 5.97 Å². The Bertz CT molecular complexity index is 475. The summed E-state index contributed by atoms with van der Waals surface area (Å²) in [5, 5.41) is 9.32. The number of hydrogen-bond donors (Lipinski definition) is 3. The first-order valence-corrected chi connectivity index (χ1v) is 3.65. The van der Waals surface area contributed by atoms with Gasteiger partial charge in [0.05, 0.1) is 0 Å². The van der Waals surface area contributed by atoms with Gasteiger partial charge in [-0.3, -0.25) is 0 Å². The highest BCUT2D eigenvalue weighted by atomic mass is 16.4. The van der Waals surface area contributed by atoms with Crippen molar-refractivity contribution in [3.05, 3.63) is 24.0 Å². The van der Waals surface area contributed by atoms with Gasteiger partial charge in [-0.2, -0.15) is 0 Å².